The standard InChI is InChI=1S/C17H22N4O/c1-13-4-3-5-16(14(13)2)20-6-8-21(9-7-20)17-10-15(11-22)18-12-19-17/h3-5,10,12,22H,6-9,11H2,1-2H3. The second kappa shape index (κ2) is 6.32. The van der Waals surface area contributed by atoms with Crippen molar-refractivity contribution in [1.29, 1.82) is 0 Å². The van der Waals surface area contributed by atoms with Crippen molar-refractivity contribution in [2.75, 3.05) is 36.0 Å². The Bertz CT molecular complexity index is 651. The number of hydrogen-bond acceptors (Lipinski definition) is 5. The molecule has 1 fully saturated rings. The lowest BCUT2D eigenvalue weighted by molar-refractivity contribution is 0.276. The highest BCUT2D eigenvalue weighted by Gasteiger charge is 2.20. The summed E-state index contributed by atoms with van der Waals surface area (Å²) in [6.45, 7) is 8.11. The predicted molar refractivity (Wildman–Crippen MR) is 88.3 cm³/mol. The van der Waals surface area contributed by atoms with Gasteiger partial charge in [0.1, 0.15) is 12.1 Å². The molecular weight excluding hydrogens is 276 g/mol. The fourth-order valence-corrected chi connectivity index (χ4v) is 2.90. The number of nitrogens with zero attached hydrogens (tertiary/aromatic N) is 4. The van der Waals surface area contributed by atoms with Crippen LogP contribution < -0.4 is 9.80 Å². The van der Waals surface area contributed by atoms with Crippen LogP contribution in [0, 0.1) is 13.8 Å². The summed E-state index contributed by atoms with van der Waals surface area (Å²) in [7, 11) is 0. The first-order valence-corrected chi connectivity index (χ1v) is 7.67. The minimum Gasteiger partial charge on any atom is -0.390 e. The van der Waals surface area contributed by atoms with Crippen molar-refractivity contribution < 1.29 is 5.11 Å². The lowest BCUT2D eigenvalue weighted by Crippen LogP contribution is -2.47. The van der Waals surface area contributed by atoms with Crippen molar-refractivity contribution in [1.82, 2.24) is 9.97 Å². The second-order valence-corrected chi connectivity index (χ2v) is 5.72. The first kappa shape index (κ1) is 14.8. The summed E-state index contributed by atoms with van der Waals surface area (Å²) in [6, 6.07) is 8.36. The summed E-state index contributed by atoms with van der Waals surface area (Å²) < 4.78 is 0. The maximum absolute atomic E-state index is 9.19. The molecule has 0 unspecified atom stereocenters. The molecule has 0 radical (unpaired) electrons. The Kier molecular flexibility index (Phi) is 4.24. The van der Waals surface area contributed by atoms with Crippen LogP contribution in [0.25, 0.3) is 0 Å². The molecule has 1 N–H and O–H groups in total. The third-order valence-corrected chi connectivity index (χ3v) is 4.39. The summed E-state index contributed by atoms with van der Waals surface area (Å²) >= 11 is 0. The number of rotatable bonds is 3. The number of hydrogen-bond donors (Lipinski definition) is 1. The summed E-state index contributed by atoms with van der Waals surface area (Å²) in [4.78, 5) is 13.1. The van der Waals surface area contributed by atoms with Crippen molar-refractivity contribution in [3.05, 3.63) is 47.4 Å². The number of aliphatic hydroxyl groups is 1. The quantitative estimate of drug-likeness (QED) is 0.938. The van der Waals surface area contributed by atoms with E-state index in [1.54, 1.807) is 0 Å². The molecule has 1 aliphatic heterocycles. The van der Waals surface area contributed by atoms with Crippen LogP contribution in [0.3, 0.4) is 0 Å². The van der Waals surface area contributed by atoms with Crippen LogP contribution in [0.5, 0.6) is 0 Å². The number of piperazine rings is 1. The van der Waals surface area contributed by atoms with Crippen molar-refractivity contribution >= 4 is 11.5 Å². The average Bonchev–Trinajstić information content (AvgIpc) is 2.58. The molecule has 0 atom stereocenters. The molecule has 0 aliphatic carbocycles. The fraction of sp³-hybridized carbons (Fsp3) is 0.412. The number of aryl methyl sites for hydroxylation is 1. The number of aromatic nitrogens is 2. The van der Waals surface area contributed by atoms with E-state index in [4.69, 9.17) is 0 Å². The molecule has 5 heteroatoms. The Morgan fingerprint density at radius 3 is 2.50 bits per heavy atom. The van der Waals surface area contributed by atoms with E-state index in [-0.39, 0.29) is 6.61 Å². The molecule has 22 heavy (non-hydrogen) atoms. The van der Waals surface area contributed by atoms with Crippen LogP contribution in [0.15, 0.2) is 30.6 Å². The van der Waals surface area contributed by atoms with E-state index in [0.717, 1.165) is 32.0 Å². The minimum atomic E-state index is -0.0437. The SMILES string of the molecule is Cc1cccc(N2CCN(c3cc(CO)ncn3)CC2)c1C. The zero-order valence-corrected chi connectivity index (χ0v) is 13.2. The molecule has 5 nitrogen and oxygen atoms in total. The van der Waals surface area contributed by atoms with Crippen LogP contribution >= 0.6 is 0 Å². The second-order valence-electron chi connectivity index (χ2n) is 5.72. The van der Waals surface area contributed by atoms with Gasteiger partial charge in [0.15, 0.2) is 0 Å². The van der Waals surface area contributed by atoms with Gasteiger partial charge in [0.05, 0.1) is 12.3 Å². The minimum absolute atomic E-state index is 0.0437. The normalized spacial score (nSPS) is 15.2. The van der Waals surface area contributed by atoms with E-state index < -0.39 is 0 Å². The van der Waals surface area contributed by atoms with Crippen LogP contribution in [0.2, 0.25) is 0 Å². The zero-order chi connectivity index (χ0) is 15.5. The first-order valence-electron chi connectivity index (χ1n) is 7.67. The van der Waals surface area contributed by atoms with Gasteiger partial charge in [-0.05, 0) is 31.0 Å². The molecule has 0 spiro atoms. The Labute approximate surface area is 131 Å². The molecule has 0 amide bonds. The van der Waals surface area contributed by atoms with Crippen molar-refractivity contribution in [2.24, 2.45) is 0 Å². The van der Waals surface area contributed by atoms with E-state index in [9.17, 15) is 5.11 Å². The first-order chi connectivity index (χ1) is 10.7. The number of aliphatic hydroxyl groups excluding tert-OH is 1. The average molecular weight is 298 g/mol. The summed E-state index contributed by atoms with van der Waals surface area (Å²) in [5.41, 5.74) is 4.70. The van der Waals surface area contributed by atoms with Crippen molar-refractivity contribution in [3.8, 4) is 0 Å². The molecule has 2 heterocycles. The summed E-state index contributed by atoms with van der Waals surface area (Å²) in [6.07, 6.45) is 1.53. The number of anilines is 2. The Morgan fingerprint density at radius 2 is 1.77 bits per heavy atom. The van der Waals surface area contributed by atoms with Gasteiger partial charge in [0.25, 0.3) is 0 Å². The van der Waals surface area contributed by atoms with Crippen LogP contribution in [0.1, 0.15) is 16.8 Å². The number of benzene rings is 1. The van der Waals surface area contributed by atoms with E-state index in [1.807, 2.05) is 6.07 Å². The van der Waals surface area contributed by atoms with Crippen LogP contribution in [0.4, 0.5) is 11.5 Å². The topological polar surface area (TPSA) is 52.5 Å². The van der Waals surface area contributed by atoms with E-state index >= 15 is 0 Å². The third kappa shape index (κ3) is 2.90. The summed E-state index contributed by atoms with van der Waals surface area (Å²) in [5.74, 6) is 0.902. The van der Waals surface area contributed by atoms with Gasteiger partial charge < -0.3 is 14.9 Å². The highest BCUT2D eigenvalue weighted by Crippen LogP contribution is 2.24. The molecule has 1 aliphatic rings. The Hall–Kier alpha value is -2.14. The maximum Gasteiger partial charge on any atom is 0.132 e. The molecular formula is C17H22N4O. The highest BCUT2D eigenvalue weighted by atomic mass is 16.3. The highest BCUT2D eigenvalue weighted by molar-refractivity contribution is 5.57. The van der Waals surface area contributed by atoms with Gasteiger partial charge in [-0.2, -0.15) is 0 Å². The lowest BCUT2D eigenvalue weighted by atomic mass is 10.1. The van der Waals surface area contributed by atoms with Gasteiger partial charge >= 0.3 is 0 Å². The Morgan fingerprint density at radius 1 is 1.05 bits per heavy atom. The van der Waals surface area contributed by atoms with Gasteiger partial charge in [0.2, 0.25) is 0 Å². The maximum atomic E-state index is 9.19. The van der Waals surface area contributed by atoms with Gasteiger partial charge in [-0.15, -0.1) is 0 Å². The van der Waals surface area contributed by atoms with Gasteiger partial charge in [-0.3, -0.25) is 0 Å². The molecule has 1 aromatic heterocycles. The molecule has 3 rings (SSSR count). The third-order valence-electron chi connectivity index (χ3n) is 4.39. The zero-order valence-electron chi connectivity index (χ0n) is 13.2. The smallest absolute Gasteiger partial charge is 0.132 e. The van der Waals surface area contributed by atoms with Crippen molar-refractivity contribution in [3.63, 3.8) is 0 Å². The van der Waals surface area contributed by atoms with Gasteiger partial charge in [-0.1, -0.05) is 12.1 Å². The molecule has 116 valence electrons. The van der Waals surface area contributed by atoms with Crippen LogP contribution in [-0.2, 0) is 6.61 Å². The molecule has 2 aromatic rings. The van der Waals surface area contributed by atoms with E-state index in [0.29, 0.717) is 5.69 Å². The van der Waals surface area contributed by atoms with Crippen molar-refractivity contribution in [2.45, 2.75) is 20.5 Å². The largest absolute Gasteiger partial charge is 0.390 e. The summed E-state index contributed by atoms with van der Waals surface area (Å²) in [5, 5.41) is 9.19. The van der Waals surface area contributed by atoms with E-state index in [1.165, 1.54) is 23.1 Å². The van der Waals surface area contributed by atoms with Crippen LogP contribution in [-0.4, -0.2) is 41.3 Å². The lowest BCUT2D eigenvalue weighted by Gasteiger charge is -2.37. The predicted octanol–water partition coefficient (Wildman–Crippen LogP) is 1.91. The molecule has 1 aromatic carbocycles. The Balaban J connectivity index is 1.71. The van der Waals surface area contributed by atoms with E-state index in [2.05, 4.69) is 51.8 Å². The van der Waals surface area contributed by atoms with Gasteiger partial charge in [-0.25, -0.2) is 9.97 Å². The molecule has 1 saturated heterocycles. The monoisotopic (exact) mass is 298 g/mol. The van der Waals surface area contributed by atoms with Gasteiger partial charge in [0, 0.05) is 37.9 Å². The molecule has 0 bridgehead atoms. The molecule has 0 saturated carbocycles. The fourth-order valence-electron chi connectivity index (χ4n) is 2.90.